The molecule has 0 atom stereocenters. The summed E-state index contributed by atoms with van der Waals surface area (Å²) in [6, 6.07) is 10.5. The smallest absolute Gasteiger partial charge is 0.182 e. The summed E-state index contributed by atoms with van der Waals surface area (Å²) in [4.78, 5) is 6.87. The zero-order chi connectivity index (χ0) is 11.9. The molecule has 0 amide bonds. The number of thiazole rings is 1. The van der Waals surface area contributed by atoms with E-state index in [1.54, 1.807) is 11.3 Å². The molecule has 0 aliphatic heterocycles. The SMILES string of the molecule is Cc1cnc(NCCCSc2ccccc2)s1. The zero-order valence-corrected chi connectivity index (χ0v) is 11.5. The average molecular weight is 264 g/mol. The van der Waals surface area contributed by atoms with Crippen molar-refractivity contribution in [2.75, 3.05) is 17.6 Å². The summed E-state index contributed by atoms with van der Waals surface area (Å²) in [5, 5.41) is 4.38. The molecule has 1 aromatic heterocycles. The molecule has 0 unspecified atom stereocenters. The lowest BCUT2D eigenvalue weighted by atomic mass is 10.4. The third-order valence-corrected chi connectivity index (χ3v) is 4.20. The van der Waals surface area contributed by atoms with Crippen molar-refractivity contribution in [3.05, 3.63) is 41.4 Å². The van der Waals surface area contributed by atoms with E-state index >= 15 is 0 Å². The molecule has 1 heterocycles. The second-order valence-corrected chi connectivity index (χ2v) is 6.12. The number of rotatable bonds is 6. The number of nitrogens with zero attached hydrogens (tertiary/aromatic N) is 1. The van der Waals surface area contributed by atoms with Crippen LogP contribution in [-0.2, 0) is 0 Å². The Bertz CT molecular complexity index is 440. The van der Waals surface area contributed by atoms with Gasteiger partial charge in [-0.3, -0.25) is 0 Å². The van der Waals surface area contributed by atoms with Gasteiger partial charge < -0.3 is 5.32 Å². The normalized spacial score (nSPS) is 10.4. The van der Waals surface area contributed by atoms with E-state index in [0.717, 1.165) is 23.8 Å². The molecular weight excluding hydrogens is 248 g/mol. The predicted molar refractivity (Wildman–Crippen MR) is 77.1 cm³/mol. The van der Waals surface area contributed by atoms with Gasteiger partial charge in [-0.25, -0.2) is 4.98 Å². The molecule has 0 spiro atoms. The van der Waals surface area contributed by atoms with Gasteiger partial charge in [0, 0.05) is 22.5 Å². The zero-order valence-electron chi connectivity index (χ0n) is 9.85. The van der Waals surface area contributed by atoms with E-state index in [1.807, 2.05) is 18.0 Å². The summed E-state index contributed by atoms with van der Waals surface area (Å²) in [6.07, 6.45) is 3.06. The number of anilines is 1. The van der Waals surface area contributed by atoms with Crippen molar-refractivity contribution in [2.45, 2.75) is 18.2 Å². The fourth-order valence-electron chi connectivity index (χ4n) is 1.41. The summed E-state index contributed by atoms with van der Waals surface area (Å²) in [6.45, 7) is 3.07. The predicted octanol–water partition coefficient (Wildman–Crippen LogP) is 4.05. The highest BCUT2D eigenvalue weighted by molar-refractivity contribution is 7.99. The Kier molecular flexibility index (Phi) is 4.88. The largest absolute Gasteiger partial charge is 0.361 e. The lowest BCUT2D eigenvalue weighted by Crippen LogP contribution is -2.01. The van der Waals surface area contributed by atoms with Crippen molar-refractivity contribution in [2.24, 2.45) is 0 Å². The van der Waals surface area contributed by atoms with Crippen LogP contribution >= 0.6 is 23.1 Å². The summed E-state index contributed by atoms with van der Waals surface area (Å²) < 4.78 is 0. The van der Waals surface area contributed by atoms with Gasteiger partial charge in [0.2, 0.25) is 0 Å². The Morgan fingerprint density at radius 1 is 1.29 bits per heavy atom. The van der Waals surface area contributed by atoms with E-state index in [-0.39, 0.29) is 0 Å². The molecule has 2 nitrogen and oxygen atoms in total. The minimum atomic E-state index is 0.993. The minimum absolute atomic E-state index is 0.993. The highest BCUT2D eigenvalue weighted by Crippen LogP contribution is 2.19. The molecule has 2 rings (SSSR count). The monoisotopic (exact) mass is 264 g/mol. The van der Waals surface area contributed by atoms with Gasteiger partial charge in [0.05, 0.1) is 0 Å². The van der Waals surface area contributed by atoms with E-state index < -0.39 is 0 Å². The van der Waals surface area contributed by atoms with E-state index in [1.165, 1.54) is 9.77 Å². The molecule has 1 N–H and O–H groups in total. The first-order chi connectivity index (χ1) is 8.34. The van der Waals surface area contributed by atoms with Crippen molar-refractivity contribution in [3.8, 4) is 0 Å². The van der Waals surface area contributed by atoms with Crippen LogP contribution in [0.4, 0.5) is 5.13 Å². The first kappa shape index (κ1) is 12.5. The standard InChI is InChI=1S/C13H16N2S2/c1-11-10-15-13(17-11)14-8-5-9-16-12-6-3-2-4-7-12/h2-4,6-7,10H,5,8-9H2,1H3,(H,14,15). The van der Waals surface area contributed by atoms with Gasteiger partial charge in [0.15, 0.2) is 5.13 Å². The van der Waals surface area contributed by atoms with Gasteiger partial charge in [0.1, 0.15) is 0 Å². The van der Waals surface area contributed by atoms with Crippen LogP contribution in [0.25, 0.3) is 0 Å². The van der Waals surface area contributed by atoms with E-state index in [4.69, 9.17) is 0 Å². The number of aromatic nitrogens is 1. The Morgan fingerprint density at radius 3 is 2.82 bits per heavy atom. The molecule has 2 aromatic rings. The van der Waals surface area contributed by atoms with Gasteiger partial charge in [-0.1, -0.05) is 18.2 Å². The van der Waals surface area contributed by atoms with Crippen LogP contribution in [0.5, 0.6) is 0 Å². The van der Waals surface area contributed by atoms with Gasteiger partial charge >= 0.3 is 0 Å². The molecule has 0 saturated carbocycles. The Labute approximate surface area is 110 Å². The van der Waals surface area contributed by atoms with E-state index in [9.17, 15) is 0 Å². The summed E-state index contributed by atoms with van der Waals surface area (Å²) in [5.74, 6) is 1.14. The molecule has 0 aliphatic carbocycles. The topological polar surface area (TPSA) is 24.9 Å². The Morgan fingerprint density at radius 2 is 2.12 bits per heavy atom. The second kappa shape index (κ2) is 6.67. The van der Waals surface area contributed by atoms with Crippen molar-refractivity contribution < 1.29 is 0 Å². The molecule has 0 radical (unpaired) electrons. The third-order valence-electron chi connectivity index (χ3n) is 2.23. The fraction of sp³-hybridized carbons (Fsp3) is 0.308. The Hall–Kier alpha value is -1.00. The van der Waals surface area contributed by atoms with Gasteiger partial charge in [-0.2, -0.15) is 0 Å². The van der Waals surface area contributed by atoms with Crippen LogP contribution in [0.1, 0.15) is 11.3 Å². The lowest BCUT2D eigenvalue weighted by Gasteiger charge is -2.02. The number of thioether (sulfide) groups is 1. The Balaban J connectivity index is 1.61. The number of hydrogen-bond donors (Lipinski definition) is 1. The molecule has 0 saturated heterocycles. The average Bonchev–Trinajstić information content (AvgIpc) is 2.76. The van der Waals surface area contributed by atoms with Gasteiger partial charge in [-0.15, -0.1) is 23.1 Å². The van der Waals surface area contributed by atoms with Crippen molar-refractivity contribution >= 4 is 28.2 Å². The second-order valence-electron chi connectivity index (χ2n) is 3.72. The molecule has 17 heavy (non-hydrogen) atoms. The highest BCUT2D eigenvalue weighted by Gasteiger charge is 1.97. The fourth-order valence-corrected chi connectivity index (χ4v) is 2.97. The number of hydrogen-bond acceptors (Lipinski definition) is 4. The van der Waals surface area contributed by atoms with E-state index in [2.05, 4.69) is 47.6 Å². The van der Waals surface area contributed by atoms with Crippen molar-refractivity contribution in [1.82, 2.24) is 4.98 Å². The van der Waals surface area contributed by atoms with Crippen LogP contribution in [0.3, 0.4) is 0 Å². The number of nitrogens with one attached hydrogen (secondary N) is 1. The van der Waals surface area contributed by atoms with Crippen LogP contribution in [0, 0.1) is 6.92 Å². The molecule has 90 valence electrons. The minimum Gasteiger partial charge on any atom is -0.361 e. The molecule has 0 aliphatic rings. The maximum Gasteiger partial charge on any atom is 0.182 e. The van der Waals surface area contributed by atoms with Crippen molar-refractivity contribution in [1.29, 1.82) is 0 Å². The summed E-state index contributed by atoms with van der Waals surface area (Å²) in [5.41, 5.74) is 0. The quantitative estimate of drug-likeness (QED) is 0.629. The van der Waals surface area contributed by atoms with Gasteiger partial charge in [0.25, 0.3) is 0 Å². The van der Waals surface area contributed by atoms with Crippen LogP contribution in [-0.4, -0.2) is 17.3 Å². The first-order valence-electron chi connectivity index (χ1n) is 5.69. The van der Waals surface area contributed by atoms with Gasteiger partial charge in [-0.05, 0) is 31.2 Å². The third kappa shape index (κ3) is 4.40. The number of benzene rings is 1. The maximum absolute atomic E-state index is 4.27. The summed E-state index contributed by atoms with van der Waals surface area (Å²) >= 11 is 3.62. The lowest BCUT2D eigenvalue weighted by molar-refractivity contribution is 0.987. The number of aryl methyl sites for hydroxylation is 1. The molecule has 0 fully saturated rings. The van der Waals surface area contributed by atoms with E-state index in [0.29, 0.717) is 0 Å². The van der Waals surface area contributed by atoms with Crippen LogP contribution in [0.15, 0.2) is 41.4 Å². The molecule has 1 aromatic carbocycles. The highest BCUT2D eigenvalue weighted by atomic mass is 32.2. The van der Waals surface area contributed by atoms with Crippen LogP contribution in [0.2, 0.25) is 0 Å². The maximum atomic E-state index is 4.27. The summed E-state index contributed by atoms with van der Waals surface area (Å²) in [7, 11) is 0. The van der Waals surface area contributed by atoms with Crippen molar-refractivity contribution in [3.63, 3.8) is 0 Å². The van der Waals surface area contributed by atoms with Crippen LogP contribution < -0.4 is 5.32 Å². The molecular formula is C13H16N2S2. The molecule has 0 bridgehead atoms. The first-order valence-corrected chi connectivity index (χ1v) is 7.49. The molecule has 4 heteroatoms.